The zero-order valence-electron chi connectivity index (χ0n) is 14.0. The van der Waals surface area contributed by atoms with Crippen LogP contribution < -0.4 is 20.5 Å². The largest absolute Gasteiger partial charge is 0.493 e. The fourth-order valence-corrected chi connectivity index (χ4v) is 2.89. The Kier molecular flexibility index (Phi) is 7.02. The zero-order valence-corrected chi connectivity index (χ0v) is 14.8. The van der Waals surface area contributed by atoms with Gasteiger partial charge in [-0.2, -0.15) is 0 Å². The number of methoxy groups -OCH3 is 1. The molecule has 1 heterocycles. The summed E-state index contributed by atoms with van der Waals surface area (Å²) in [4.78, 5) is 16.1. The van der Waals surface area contributed by atoms with E-state index in [9.17, 15) is 4.79 Å². The van der Waals surface area contributed by atoms with E-state index < -0.39 is 0 Å². The summed E-state index contributed by atoms with van der Waals surface area (Å²) in [6.45, 7) is 3.48. The van der Waals surface area contributed by atoms with Crippen LogP contribution in [0.5, 0.6) is 11.5 Å². The van der Waals surface area contributed by atoms with Gasteiger partial charge in [-0.1, -0.05) is 6.07 Å². The SMILES string of the molecule is CCOc1cc(CCCNC(=O)c2csc(CN)n2)ccc1OC. The minimum absolute atomic E-state index is 0.157. The number of benzene rings is 1. The smallest absolute Gasteiger partial charge is 0.270 e. The number of amides is 1. The number of nitrogens with two attached hydrogens (primary N) is 1. The highest BCUT2D eigenvalue weighted by Gasteiger charge is 2.10. The molecule has 1 aromatic heterocycles. The van der Waals surface area contributed by atoms with E-state index in [1.165, 1.54) is 11.3 Å². The molecule has 0 spiro atoms. The van der Waals surface area contributed by atoms with Crippen LogP contribution in [-0.2, 0) is 13.0 Å². The van der Waals surface area contributed by atoms with Crippen molar-refractivity contribution in [1.29, 1.82) is 0 Å². The van der Waals surface area contributed by atoms with Gasteiger partial charge in [0.15, 0.2) is 11.5 Å². The Morgan fingerprint density at radius 1 is 1.38 bits per heavy atom. The van der Waals surface area contributed by atoms with Crippen LogP contribution in [-0.4, -0.2) is 31.2 Å². The fourth-order valence-electron chi connectivity index (χ4n) is 2.24. The van der Waals surface area contributed by atoms with Crippen molar-refractivity contribution in [3.05, 3.63) is 39.8 Å². The first-order valence-electron chi connectivity index (χ1n) is 7.90. The lowest BCUT2D eigenvalue weighted by Crippen LogP contribution is -2.25. The molecule has 130 valence electrons. The zero-order chi connectivity index (χ0) is 17.4. The monoisotopic (exact) mass is 349 g/mol. The number of hydrogen-bond acceptors (Lipinski definition) is 6. The Balaban J connectivity index is 1.81. The third kappa shape index (κ3) is 4.94. The van der Waals surface area contributed by atoms with Crippen LogP contribution in [0.3, 0.4) is 0 Å². The molecular weight excluding hydrogens is 326 g/mol. The molecule has 1 aromatic carbocycles. The van der Waals surface area contributed by atoms with Crippen LogP contribution in [0.25, 0.3) is 0 Å². The molecule has 7 heteroatoms. The second kappa shape index (κ2) is 9.24. The molecule has 0 saturated carbocycles. The van der Waals surface area contributed by atoms with Gasteiger partial charge in [-0.3, -0.25) is 4.79 Å². The van der Waals surface area contributed by atoms with E-state index in [0.717, 1.165) is 34.9 Å². The first-order chi connectivity index (χ1) is 11.7. The number of carbonyl (C=O) groups excluding carboxylic acids is 1. The summed E-state index contributed by atoms with van der Waals surface area (Å²) >= 11 is 1.40. The standard InChI is InChI=1S/C17H23N3O3S/c1-3-23-15-9-12(6-7-14(15)22-2)5-4-8-19-17(21)13-11-24-16(10-18)20-13/h6-7,9,11H,3-5,8,10,18H2,1-2H3,(H,19,21). The molecule has 2 aromatic rings. The lowest BCUT2D eigenvalue weighted by Gasteiger charge is -2.11. The maximum Gasteiger partial charge on any atom is 0.270 e. The third-order valence-electron chi connectivity index (χ3n) is 3.41. The van der Waals surface area contributed by atoms with E-state index in [0.29, 0.717) is 25.4 Å². The van der Waals surface area contributed by atoms with E-state index in [2.05, 4.69) is 10.3 Å². The van der Waals surface area contributed by atoms with Crippen LogP contribution in [0.2, 0.25) is 0 Å². The van der Waals surface area contributed by atoms with Crippen LogP contribution in [0.4, 0.5) is 0 Å². The van der Waals surface area contributed by atoms with Crippen molar-refractivity contribution in [3.8, 4) is 11.5 Å². The molecule has 3 N–H and O–H groups in total. The summed E-state index contributed by atoms with van der Waals surface area (Å²) in [5.41, 5.74) is 7.08. The number of aryl methyl sites for hydroxylation is 1. The number of hydrogen-bond donors (Lipinski definition) is 2. The molecule has 0 aliphatic heterocycles. The number of ether oxygens (including phenoxy) is 2. The lowest BCUT2D eigenvalue weighted by molar-refractivity contribution is 0.0948. The quantitative estimate of drug-likeness (QED) is 0.679. The van der Waals surface area contributed by atoms with Crippen molar-refractivity contribution in [3.63, 3.8) is 0 Å². The summed E-state index contributed by atoms with van der Waals surface area (Å²) in [6, 6.07) is 5.90. The molecule has 0 saturated heterocycles. The van der Waals surface area contributed by atoms with Gasteiger partial charge < -0.3 is 20.5 Å². The molecule has 0 unspecified atom stereocenters. The van der Waals surface area contributed by atoms with Crippen molar-refractivity contribution < 1.29 is 14.3 Å². The van der Waals surface area contributed by atoms with Crippen molar-refractivity contribution in [2.75, 3.05) is 20.3 Å². The number of aromatic nitrogens is 1. The molecule has 0 aliphatic rings. The average molecular weight is 349 g/mol. The third-order valence-corrected chi connectivity index (χ3v) is 4.29. The van der Waals surface area contributed by atoms with Gasteiger partial charge in [-0.15, -0.1) is 11.3 Å². The van der Waals surface area contributed by atoms with E-state index in [4.69, 9.17) is 15.2 Å². The van der Waals surface area contributed by atoms with Gasteiger partial charge in [0.1, 0.15) is 10.7 Å². The normalized spacial score (nSPS) is 10.5. The summed E-state index contributed by atoms with van der Waals surface area (Å²) in [5.74, 6) is 1.32. The van der Waals surface area contributed by atoms with Gasteiger partial charge in [0, 0.05) is 18.5 Å². The molecule has 1 amide bonds. The maximum absolute atomic E-state index is 12.0. The lowest BCUT2D eigenvalue weighted by atomic mass is 10.1. The van der Waals surface area contributed by atoms with Crippen molar-refractivity contribution in [2.24, 2.45) is 5.73 Å². The first kappa shape index (κ1) is 18.2. The summed E-state index contributed by atoms with van der Waals surface area (Å²) < 4.78 is 10.8. The first-order valence-corrected chi connectivity index (χ1v) is 8.78. The summed E-state index contributed by atoms with van der Waals surface area (Å²) in [7, 11) is 1.63. The van der Waals surface area contributed by atoms with Crippen LogP contribution in [0.15, 0.2) is 23.6 Å². The molecule has 0 radical (unpaired) electrons. The minimum Gasteiger partial charge on any atom is -0.493 e. The second-order valence-electron chi connectivity index (χ2n) is 5.11. The molecule has 0 atom stereocenters. The van der Waals surface area contributed by atoms with E-state index in [1.54, 1.807) is 12.5 Å². The van der Waals surface area contributed by atoms with Crippen LogP contribution in [0, 0.1) is 0 Å². The number of nitrogens with one attached hydrogen (secondary N) is 1. The predicted molar refractivity (Wildman–Crippen MR) is 94.8 cm³/mol. The van der Waals surface area contributed by atoms with E-state index in [-0.39, 0.29) is 5.91 Å². The van der Waals surface area contributed by atoms with Crippen molar-refractivity contribution >= 4 is 17.2 Å². The highest BCUT2D eigenvalue weighted by atomic mass is 32.1. The average Bonchev–Trinajstić information content (AvgIpc) is 3.08. The maximum atomic E-state index is 12.0. The number of carbonyl (C=O) groups is 1. The molecular formula is C17H23N3O3S. The Hall–Kier alpha value is -2.12. The Morgan fingerprint density at radius 2 is 2.21 bits per heavy atom. The highest BCUT2D eigenvalue weighted by Crippen LogP contribution is 2.28. The van der Waals surface area contributed by atoms with Crippen molar-refractivity contribution in [1.82, 2.24) is 10.3 Å². The Labute approximate surface area is 146 Å². The number of rotatable bonds is 9. The number of thiazole rings is 1. The van der Waals surface area contributed by atoms with Gasteiger partial charge >= 0.3 is 0 Å². The molecule has 0 fully saturated rings. The van der Waals surface area contributed by atoms with Gasteiger partial charge in [-0.05, 0) is 37.5 Å². The molecule has 6 nitrogen and oxygen atoms in total. The van der Waals surface area contributed by atoms with Gasteiger partial charge in [0.25, 0.3) is 5.91 Å². The molecule has 2 rings (SSSR count). The van der Waals surface area contributed by atoms with Gasteiger partial charge in [-0.25, -0.2) is 4.98 Å². The van der Waals surface area contributed by atoms with Gasteiger partial charge in [0.2, 0.25) is 0 Å². The number of nitrogens with zero attached hydrogens (tertiary/aromatic N) is 1. The van der Waals surface area contributed by atoms with E-state index in [1.807, 2.05) is 25.1 Å². The Bertz CT molecular complexity index is 673. The second-order valence-corrected chi connectivity index (χ2v) is 6.05. The predicted octanol–water partition coefficient (Wildman–Crippen LogP) is 2.37. The minimum atomic E-state index is -0.157. The van der Waals surface area contributed by atoms with Crippen LogP contribution >= 0.6 is 11.3 Å². The summed E-state index contributed by atoms with van der Waals surface area (Å²) in [6.07, 6.45) is 1.67. The molecule has 24 heavy (non-hydrogen) atoms. The van der Waals surface area contributed by atoms with Crippen LogP contribution in [0.1, 0.15) is 34.4 Å². The topological polar surface area (TPSA) is 86.5 Å². The summed E-state index contributed by atoms with van der Waals surface area (Å²) in [5, 5.41) is 5.37. The van der Waals surface area contributed by atoms with E-state index >= 15 is 0 Å². The Morgan fingerprint density at radius 3 is 2.88 bits per heavy atom. The fraction of sp³-hybridized carbons (Fsp3) is 0.412. The van der Waals surface area contributed by atoms with Crippen molar-refractivity contribution in [2.45, 2.75) is 26.3 Å². The van der Waals surface area contributed by atoms with Gasteiger partial charge in [0.05, 0.1) is 13.7 Å². The highest BCUT2D eigenvalue weighted by molar-refractivity contribution is 7.09. The molecule has 0 aliphatic carbocycles. The molecule has 0 bridgehead atoms.